The number of carbonyl (C=O) groups is 4. The lowest BCUT2D eigenvalue weighted by Gasteiger charge is -2.21. The molecule has 0 aliphatic carbocycles. The van der Waals surface area contributed by atoms with E-state index < -0.39 is 23.9 Å². The van der Waals surface area contributed by atoms with Crippen molar-refractivity contribution >= 4 is 51.6 Å². The van der Waals surface area contributed by atoms with Crippen molar-refractivity contribution in [3.05, 3.63) is 88.0 Å². The molecule has 0 saturated carbocycles. The third-order valence-corrected chi connectivity index (χ3v) is 7.83. The van der Waals surface area contributed by atoms with Gasteiger partial charge in [0.2, 0.25) is 29.4 Å². The molecule has 43 heavy (non-hydrogen) atoms. The molecule has 1 aliphatic rings. The van der Waals surface area contributed by atoms with E-state index in [4.69, 9.17) is 4.74 Å². The van der Waals surface area contributed by atoms with Crippen LogP contribution in [0.15, 0.2) is 71.3 Å². The van der Waals surface area contributed by atoms with Gasteiger partial charge in [-0.3, -0.25) is 19.2 Å². The summed E-state index contributed by atoms with van der Waals surface area (Å²) in [6, 6.07) is 13.3. The number of thiazole rings is 1. The van der Waals surface area contributed by atoms with Crippen molar-refractivity contribution in [1.29, 1.82) is 0 Å². The number of aromatic nitrogens is 2. The van der Waals surface area contributed by atoms with E-state index in [-0.39, 0.29) is 42.5 Å². The van der Waals surface area contributed by atoms with Crippen molar-refractivity contribution in [3.63, 3.8) is 0 Å². The average Bonchev–Trinajstić information content (AvgIpc) is 3.82. The van der Waals surface area contributed by atoms with Gasteiger partial charge in [-0.1, -0.05) is 43.3 Å². The molecule has 0 saturated heterocycles. The van der Waals surface area contributed by atoms with Crippen LogP contribution in [0.25, 0.3) is 10.9 Å². The predicted octanol–water partition coefficient (Wildman–Crippen LogP) is 2.57. The zero-order valence-corrected chi connectivity index (χ0v) is 24.4. The summed E-state index contributed by atoms with van der Waals surface area (Å²) in [6.45, 7) is 2.35. The van der Waals surface area contributed by atoms with Crippen LogP contribution < -0.4 is 16.0 Å². The first-order valence-corrected chi connectivity index (χ1v) is 14.9. The van der Waals surface area contributed by atoms with Crippen molar-refractivity contribution in [1.82, 2.24) is 25.9 Å². The van der Waals surface area contributed by atoms with E-state index >= 15 is 0 Å². The van der Waals surface area contributed by atoms with E-state index in [0.717, 1.165) is 27.6 Å². The quantitative estimate of drug-likeness (QED) is 0.173. The SMILES string of the molecule is CCC(=O)NC(Cc1ccccc1C1=NCCO1)C(=O)NCC(=O)NC(Cc1c[nH]c2ccccc12)C(=O)c1nccs1. The Morgan fingerprint density at radius 3 is 2.51 bits per heavy atom. The number of fused-ring (bicyclic) bond motifs is 1. The molecule has 0 fully saturated rings. The van der Waals surface area contributed by atoms with Crippen LogP contribution >= 0.6 is 11.3 Å². The topological polar surface area (TPSA) is 155 Å². The largest absolute Gasteiger partial charge is 0.476 e. The molecule has 12 heteroatoms. The summed E-state index contributed by atoms with van der Waals surface area (Å²) in [5.74, 6) is -1.19. The molecule has 4 N–H and O–H groups in total. The highest BCUT2D eigenvalue weighted by atomic mass is 32.1. The van der Waals surface area contributed by atoms with Crippen LogP contribution in [0.3, 0.4) is 0 Å². The van der Waals surface area contributed by atoms with Crippen LogP contribution in [-0.4, -0.2) is 71.2 Å². The van der Waals surface area contributed by atoms with Crippen LogP contribution in [-0.2, 0) is 32.0 Å². The second-order valence-electron chi connectivity index (χ2n) is 9.97. The normalized spacial score (nSPS) is 13.9. The van der Waals surface area contributed by atoms with Gasteiger partial charge in [0.25, 0.3) is 0 Å². The summed E-state index contributed by atoms with van der Waals surface area (Å²) in [5.41, 5.74) is 3.32. The monoisotopic (exact) mass is 600 g/mol. The summed E-state index contributed by atoms with van der Waals surface area (Å²) in [6.07, 6.45) is 3.96. The minimum absolute atomic E-state index is 0.170. The lowest BCUT2D eigenvalue weighted by molar-refractivity contribution is -0.130. The van der Waals surface area contributed by atoms with Crippen molar-refractivity contribution in [2.75, 3.05) is 19.7 Å². The third kappa shape index (κ3) is 7.33. The third-order valence-electron chi connectivity index (χ3n) is 7.05. The Labute approximate surface area is 252 Å². The molecule has 2 unspecified atom stereocenters. The van der Waals surface area contributed by atoms with Crippen LogP contribution in [0, 0.1) is 0 Å². The van der Waals surface area contributed by atoms with Gasteiger partial charge < -0.3 is 25.7 Å². The number of aliphatic imine (C=N–C) groups is 1. The lowest BCUT2D eigenvalue weighted by atomic mass is 9.99. The van der Waals surface area contributed by atoms with Crippen molar-refractivity contribution < 1.29 is 23.9 Å². The number of nitrogens with zero attached hydrogens (tertiary/aromatic N) is 2. The smallest absolute Gasteiger partial charge is 0.243 e. The second kappa shape index (κ2) is 13.9. The maximum absolute atomic E-state index is 13.3. The molecule has 0 spiro atoms. The van der Waals surface area contributed by atoms with Gasteiger partial charge >= 0.3 is 0 Å². The van der Waals surface area contributed by atoms with Gasteiger partial charge in [-0.05, 0) is 23.3 Å². The Morgan fingerprint density at radius 2 is 1.74 bits per heavy atom. The number of para-hydroxylation sites is 1. The van der Waals surface area contributed by atoms with Crippen molar-refractivity contribution in [2.24, 2.45) is 4.99 Å². The fourth-order valence-corrected chi connectivity index (χ4v) is 5.52. The molecule has 0 radical (unpaired) electrons. The maximum atomic E-state index is 13.3. The van der Waals surface area contributed by atoms with Crippen LogP contribution in [0.2, 0.25) is 0 Å². The zero-order chi connectivity index (χ0) is 30.2. The molecule has 3 amide bonds. The highest BCUT2D eigenvalue weighted by Crippen LogP contribution is 2.21. The fraction of sp³-hybridized carbons (Fsp3) is 0.290. The number of benzene rings is 2. The number of amides is 3. The molecule has 3 heterocycles. The fourth-order valence-electron chi connectivity index (χ4n) is 4.89. The van der Waals surface area contributed by atoms with Gasteiger partial charge in [-0.15, -0.1) is 11.3 Å². The van der Waals surface area contributed by atoms with E-state index in [9.17, 15) is 19.2 Å². The molecule has 2 aromatic carbocycles. The Bertz CT molecular complexity index is 1650. The average molecular weight is 601 g/mol. The second-order valence-corrected chi connectivity index (χ2v) is 10.9. The first-order chi connectivity index (χ1) is 20.9. The molecule has 11 nitrogen and oxygen atoms in total. The number of rotatable bonds is 13. The first kappa shape index (κ1) is 29.6. The highest BCUT2D eigenvalue weighted by molar-refractivity contribution is 7.11. The molecule has 5 rings (SSSR count). The van der Waals surface area contributed by atoms with Gasteiger partial charge in [0.05, 0.1) is 19.1 Å². The van der Waals surface area contributed by atoms with E-state index in [1.807, 2.05) is 54.7 Å². The maximum Gasteiger partial charge on any atom is 0.243 e. The van der Waals surface area contributed by atoms with Crippen LogP contribution in [0.1, 0.15) is 39.8 Å². The predicted molar refractivity (Wildman–Crippen MR) is 163 cm³/mol. The van der Waals surface area contributed by atoms with Crippen molar-refractivity contribution in [2.45, 2.75) is 38.3 Å². The number of hydrogen-bond donors (Lipinski definition) is 4. The molecular weight excluding hydrogens is 568 g/mol. The van der Waals surface area contributed by atoms with Crippen molar-refractivity contribution in [3.8, 4) is 0 Å². The number of Topliss-reactive ketones (excluding diaryl/α,β-unsaturated/α-hetero) is 1. The number of nitrogens with one attached hydrogen (secondary N) is 4. The Kier molecular flexibility index (Phi) is 9.57. The van der Waals surface area contributed by atoms with E-state index in [1.54, 1.807) is 12.3 Å². The standard InChI is InChI=1S/C31H32N6O5S/c1-2-26(38)37-25(15-19-7-3-4-9-22(19)30-32-11-13-42-30)29(41)35-18-27(39)36-24(28(40)31-33-12-14-43-31)16-20-17-34-23-10-6-5-8-21(20)23/h3-10,12,14,17,24-25,34H,2,11,13,15-16,18H2,1H3,(H,35,41)(H,36,39)(H,37,38). The molecule has 4 aromatic rings. The minimum Gasteiger partial charge on any atom is -0.476 e. The van der Waals surface area contributed by atoms with Crippen LogP contribution in [0.4, 0.5) is 0 Å². The lowest BCUT2D eigenvalue weighted by Crippen LogP contribution is -2.51. The Morgan fingerprint density at radius 1 is 0.977 bits per heavy atom. The number of aromatic amines is 1. The summed E-state index contributed by atoms with van der Waals surface area (Å²) in [4.78, 5) is 63.7. The number of H-pyrrole nitrogens is 1. The number of ether oxygens (including phenoxy) is 1. The molecule has 2 aromatic heterocycles. The first-order valence-electron chi connectivity index (χ1n) is 14.0. The van der Waals surface area contributed by atoms with E-state index in [0.29, 0.717) is 19.0 Å². The molecule has 0 bridgehead atoms. The van der Waals surface area contributed by atoms with Gasteiger partial charge in [0, 0.05) is 53.5 Å². The molecule has 222 valence electrons. The minimum atomic E-state index is -0.942. The summed E-state index contributed by atoms with van der Waals surface area (Å²) < 4.78 is 5.62. The van der Waals surface area contributed by atoms with E-state index in [2.05, 4.69) is 30.9 Å². The van der Waals surface area contributed by atoms with E-state index in [1.165, 1.54) is 17.5 Å². The highest BCUT2D eigenvalue weighted by Gasteiger charge is 2.27. The van der Waals surface area contributed by atoms with Gasteiger partial charge in [-0.25, -0.2) is 9.98 Å². The van der Waals surface area contributed by atoms with Gasteiger partial charge in [-0.2, -0.15) is 0 Å². The summed E-state index contributed by atoms with van der Waals surface area (Å²) in [7, 11) is 0. The molecule has 2 atom stereocenters. The Balaban J connectivity index is 1.27. The number of hydrogen-bond acceptors (Lipinski definition) is 8. The molecule has 1 aliphatic heterocycles. The van der Waals surface area contributed by atoms with Crippen LogP contribution in [0.5, 0.6) is 0 Å². The number of carbonyl (C=O) groups excluding carboxylic acids is 4. The van der Waals surface area contributed by atoms with Gasteiger partial charge in [0.15, 0.2) is 5.01 Å². The Hall–Kier alpha value is -4.84. The zero-order valence-electron chi connectivity index (χ0n) is 23.6. The molecular formula is C31H32N6O5S. The number of ketones is 1. The van der Waals surface area contributed by atoms with Gasteiger partial charge in [0.1, 0.15) is 12.6 Å². The summed E-state index contributed by atoms with van der Waals surface area (Å²) >= 11 is 1.20. The summed E-state index contributed by atoms with van der Waals surface area (Å²) in [5, 5.41) is 11.1.